The summed E-state index contributed by atoms with van der Waals surface area (Å²) < 4.78 is 6.29. The van der Waals surface area contributed by atoms with Crippen molar-refractivity contribution in [1.82, 2.24) is 15.2 Å². The van der Waals surface area contributed by atoms with E-state index in [1.54, 1.807) is 11.3 Å². The number of aryl methyl sites for hydroxylation is 1. The smallest absolute Gasteiger partial charge is 0.257 e. The molecular formula is C25H30N4O2S. The molecule has 7 heteroatoms. The molecule has 2 aromatic heterocycles. The van der Waals surface area contributed by atoms with E-state index >= 15 is 0 Å². The van der Waals surface area contributed by atoms with Crippen LogP contribution in [0.2, 0.25) is 0 Å². The molecule has 168 valence electrons. The molecule has 0 aliphatic carbocycles. The Morgan fingerprint density at radius 3 is 2.69 bits per heavy atom. The fourth-order valence-corrected chi connectivity index (χ4v) is 4.66. The minimum atomic E-state index is 0.0296. The standard InChI is InChI=1S/C25H30N4O2S/c1-18-6-11-21-24(27-18)28(3)14-15-29(25(21)30)17-19-7-9-20(10-8-19)31-22(12-13-26-2)23-5-4-16-32-23/h4-11,16,22,26H,12-15,17H2,1-3H3. The topological polar surface area (TPSA) is 57.7 Å². The van der Waals surface area contributed by atoms with Crippen LogP contribution in [0.4, 0.5) is 5.82 Å². The molecule has 1 N–H and O–H groups in total. The molecule has 1 aromatic carbocycles. The van der Waals surface area contributed by atoms with Crippen LogP contribution in [0.5, 0.6) is 5.75 Å². The van der Waals surface area contributed by atoms with Crippen molar-refractivity contribution in [3.05, 3.63) is 75.6 Å². The quantitative estimate of drug-likeness (QED) is 0.555. The number of carbonyl (C=O) groups is 1. The van der Waals surface area contributed by atoms with E-state index in [0.29, 0.717) is 18.7 Å². The van der Waals surface area contributed by atoms with E-state index < -0.39 is 0 Å². The lowest BCUT2D eigenvalue weighted by molar-refractivity contribution is 0.0754. The molecule has 1 aliphatic rings. The lowest BCUT2D eigenvalue weighted by Crippen LogP contribution is -2.33. The van der Waals surface area contributed by atoms with Crippen molar-refractivity contribution in [2.75, 3.05) is 38.6 Å². The number of likely N-dealkylation sites (N-methyl/N-ethyl adjacent to an activating group) is 1. The molecule has 1 amide bonds. The molecule has 0 spiro atoms. The van der Waals surface area contributed by atoms with E-state index in [-0.39, 0.29) is 12.0 Å². The largest absolute Gasteiger partial charge is 0.485 e. The third kappa shape index (κ3) is 5.11. The second-order valence-electron chi connectivity index (χ2n) is 8.13. The summed E-state index contributed by atoms with van der Waals surface area (Å²) in [5.41, 5.74) is 2.67. The average Bonchev–Trinajstić information content (AvgIpc) is 3.31. The summed E-state index contributed by atoms with van der Waals surface area (Å²) in [6.45, 7) is 4.82. The zero-order valence-corrected chi connectivity index (χ0v) is 19.7. The minimum absolute atomic E-state index is 0.0296. The number of hydrogen-bond acceptors (Lipinski definition) is 6. The molecule has 1 aliphatic heterocycles. The first-order valence-electron chi connectivity index (χ1n) is 11.0. The van der Waals surface area contributed by atoms with Crippen molar-refractivity contribution in [3.8, 4) is 5.75 Å². The van der Waals surface area contributed by atoms with Gasteiger partial charge in [0.1, 0.15) is 17.7 Å². The van der Waals surface area contributed by atoms with Crippen LogP contribution in [0.25, 0.3) is 0 Å². The summed E-state index contributed by atoms with van der Waals surface area (Å²) in [5.74, 6) is 1.64. The Labute approximate surface area is 193 Å². The third-order valence-corrected chi connectivity index (χ3v) is 6.66. The first-order valence-corrected chi connectivity index (χ1v) is 11.8. The van der Waals surface area contributed by atoms with Gasteiger partial charge in [0.05, 0.1) is 5.56 Å². The Balaban J connectivity index is 1.45. The highest BCUT2D eigenvalue weighted by molar-refractivity contribution is 7.10. The number of nitrogens with zero attached hydrogens (tertiary/aromatic N) is 3. The van der Waals surface area contributed by atoms with Crippen molar-refractivity contribution in [3.63, 3.8) is 0 Å². The number of benzene rings is 1. The zero-order valence-electron chi connectivity index (χ0n) is 18.9. The lowest BCUT2D eigenvalue weighted by Gasteiger charge is -2.22. The minimum Gasteiger partial charge on any atom is -0.485 e. The number of carbonyl (C=O) groups excluding carboxylic acids is 1. The summed E-state index contributed by atoms with van der Waals surface area (Å²) >= 11 is 1.72. The van der Waals surface area contributed by atoms with E-state index in [1.807, 2.05) is 50.2 Å². The van der Waals surface area contributed by atoms with Gasteiger partial charge >= 0.3 is 0 Å². The molecule has 4 rings (SSSR count). The Hall–Kier alpha value is -2.90. The predicted molar refractivity (Wildman–Crippen MR) is 130 cm³/mol. The lowest BCUT2D eigenvalue weighted by atomic mass is 10.1. The van der Waals surface area contributed by atoms with Crippen LogP contribution in [0.15, 0.2) is 53.9 Å². The van der Waals surface area contributed by atoms with Crippen LogP contribution in [-0.4, -0.2) is 49.5 Å². The first-order chi connectivity index (χ1) is 15.5. The molecule has 1 atom stereocenters. The van der Waals surface area contributed by atoms with E-state index in [9.17, 15) is 4.79 Å². The number of hydrogen-bond donors (Lipinski definition) is 1. The molecule has 0 saturated heterocycles. The van der Waals surface area contributed by atoms with Crippen LogP contribution in [0, 0.1) is 6.92 Å². The number of rotatable bonds is 8. The summed E-state index contributed by atoms with van der Waals surface area (Å²) in [6, 6.07) is 16.1. The predicted octanol–water partition coefficient (Wildman–Crippen LogP) is 4.27. The second-order valence-corrected chi connectivity index (χ2v) is 9.11. The molecule has 3 aromatic rings. The Bertz CT molecular complexity index is 1040. The Morgan fingerprint density at radius 2 is 1.97 bits per heavy atom. The molecule has 0 radical (unpaired) electrons. The number of thiophene rings is 1. The van der Waals surface area contributed by atoms with E-state index in [4.69, 9.17) is 4.74 Å². The number of pyridine rings is 1. The van der Waals surface area contributed by atoms with Crippen molar-refractivity contribution < 1.29 is 9.53 Å². The SMILES string of the molecule is CNCCC(Oc1ccc(CN2CCN(C)c3nc(C)ccc3C2=O)cc1)c1cccs1. The van der Waals surface area contributed by atoms with Crippen molar-refractivity contribution in [1.29, 1.82) is 0 Å². The first kappa shape index (κ1) is 22.3. The number of fused-ring (bicyclic) bond motifs is 1. The highest BCUT2D eigenvalue weighted by Crippen LogP contribution is 2.29. The highest BCUT2D eigenvalue weighted by atomic mass is 32.1. The fourth-order valence-electron chi connectivity index (χ4n) is 3.87. The Kier molecular flexibility index (Phi) is 7.07. The van der Waals surface area contributed by atoms with E-state index in [1.165, 1.54) is 4.88 Å². The average molecular weight is 451 g/mol. The second kappa shape index (κ2) is 10.1. The van der Waals surface area contributed by atoms with Gasteiger partial charge in [0, 0.05) is 43.7 Å². The molecular weight excluding hydrogens is 420 g/mol. The van der Waals surface area contributed by atoms with Gasteiger partial charge in [0.15, 0.2) is 0 Å². The maximum absolute atomic E-state index is 13.2. The normalized spacial score (nSPS) is 14.8. The molecule has 0 saturated carbocycles. The van der Waals surface area contributed by atoms with Crippen LogP contribution in [-0.2, 0) is 6.54 Å². The van der Waals surface area contributed by atoms with Gasteiger partial charge < -0.3 is 19.9 Å². The summed E-state index contributed by atoms with van der Waals surface area (Å²) in [6.07, 6.45) is 0.935. The highest BCUT2D eigenvalue weighted by Gasteiger charge is 2.26. The van der Waals surface area contributed by atoms with Gasteiger partial charge in [-0.1, -0.05) is 18.2 Å². The third-order valence-electron chi connectivity index (χ3n) is 5.69. The van der Waals surface area contributed by atoms with Crippen molar-refractivity contribution >= 4 is 23.1 Å². The maximum atomic E-state index is 13.2. The fraction of sp³-hybridized carbons (Fsp3) is 0.360. The van der Waals surface area contributed by atoms with Crippen LogP contribution in [0.1, 0.15) is 39.0 Å². The summed E-state index contributed by atoms with van der Waals surface area (Å²) in [4.78, 5) is 22.9. The molecule has 0 fully saturated rings. The van der Waals surface area contributed by atoms with Crippen molar-refractivity contribution in [2.24, 2.45) is 0 Å². The molecule has 0 bridgehead atoms. The zero-order chi connectivity index (χ0) is 22.5. The summed E-state index contributed by atoms with van der Waals surface area (Å²) in [7, 11) is 3.95. The Morgan fingerprint density at radius 1 is 1.16 bits per heavy atom. The van der Waals surface area contributed by atoms with E-state index in [2.05, 4.69) is 44.8 Å². The number of aromatic nitrogens is 1. The van der Waals surface area contributed by atoms with Crippen molar-refractivity contribution in [2.45, 2.75) is 26.0 Å². The number of amides is 1. The number of anilines is 1. The number of ether oxygens (including phenoxy) is 1. The van der Waals surface area contributed by atoms with E-state index in [0.717, 1.165) is 42.3 Å². The molecule has 32 heavy (non-hydrogen) atoms. The van der Waals surface area contributed by atoms with Gasteiger partial charge in [-0.15, -0.1) is 11.3 Å². The van der Waals surface area contributed by atoms with Gasteiger partial charge in [0.25, 0.3) is 5.91 Å². The molecule has 3 heterocycles. The van der Waals surface area contributed by atoms with Gasteiger partial charge in [-0.3, -0.25) is 4.79 Å². The number of nitrogens with one attached hydrogen (secondary N) is 1. The van der Waals surface area contributed by atoms with Crippen LogP contribution < -0.4 is 15.0 Å². The van der Waals surface area contributed by atoms with Gasteiger partial charge in [-0.25, -0.2) is 4.98 Å². The van der Waals surface area contributed by atoms with Crippen LogP contribution >= 0.6 is 11.3 Å². The monoisotopic (exact) mass is 450 g/mol. The molecule has 1 unspecified atom stereocenters. The van der Waals surface area contributed by atoms with Crippen LogP contribution in [0.3, 0.4) is 0 Å². The van der Waals surface area contributed by atoms with Gasteiger partial charge in [-0.05, 0) is 61.8 Å². The summed E-state index contributed by atoms with van der Waals surface area (Å²) in [5, 5.41) is 5.28. The van der Waals surface area contributed by atoms with Gasteiger partial charge in [-0.2, -0.15) is 0 Å². The maximum Gasteiger partial charge on any atom is 0.257 e. The van der Waals surface area contributed by atoms with Gasteiger partial charge in [0.2, 0.25) is 0 Å². The molecule has 6 nitrogen and oxygen atoms in total.